The fourth-order valence-electron chi connectivity index (χ4n) is 1.69. The first-order valence-electron chi connectivity index (χ1n) is 6.82. The molecule has 0 unspecified atom stereocenters. The zero-order chi connectivity index (χ0) is 15.0. The lowest BCUT2D eigenvalue weighted by Crippen LogP contribution is -2.00. The van der Waals surface area contributed by atoms with E-state index in [1.54, 1.807) is 13.1 Å². The Bertz CT molecular complexity index is 583. The number of nitrogens with zero attached hydrogens (tertiary/aromatic N) is 2. The average molecular weight is 272 g/mol. The molecule has 0 amide bonds. The Morgan fingerprint density at radius 3 is 2.35 bits per heavy atom. The number of aromatic nitrogens is 2. The SMILES string of the molecule is C/C=C\c1[nH]c(-c2ccccc2)nc1/[N+](O)=C\C.CC. The van der Waals surface area contributed by atoms with Crippen LogP contribution in [0.1, 0.15) is 33.4 Å². The summed E-state index contributed by atoms with van der Waals surface area (Å²) in [6.07, 6.45) is 5.33. The van der Waals surface area contributed by atoms with Gasteiger partial charge in [0.25, 0.3) is 5.82 Å². The molecule has 1 aromatic heterocycles. The highest BCUT2D eigenvalue weighted by atomic mass is 16.5. The van der Waals surface area contributed by atoms with Crippen molar-refractivity contribution in [3.8, 4) is 11.4 Å². The molecule has 0 aliphatic rings. The van der Waals surface area contributed by atoms with Gasteiger partial charge in [0.2, 0.25) is 0 Å². The largest absolute Gasteiger partial charge is 0.387 e. The lowest BCUT2D eigenvalue weighted by molar-refractivity contribution is -0.712. The summed E-state index contributed by atoms with van der Waals surface area (Å²) in [7, 11) is 0. The van der Waals surface area contributed by atoms with Crippen LogP contribution in [0.4, 0.5) is 5.82 Å². The minimum atomic E-state index is 0.495. The molecule has 0 saturated carbocycles. The van der Waals surface area contributed by atoms with E-state index in [9.17, 15) is 5.21 Å². The molecule has 0 spiro atoms. The molecule has 106 valence electrons. The van der Waals surface area contributed by atoms with Gasteiger partial charge in [0.15, 0.2) is 0 Å². The molecule has 20 heavy (non-hydrogen) atoms. The van der Waals surface area contributed by atoms with Crippen molar-refractivity contribution < 1.29 is 9.95 Å². The second-order valence-electron chi connectivity index (χ2n) is 3.79. The van der Waals surface area contributed by atoms with Crippen molar-refractivity contribution in [2.75, 3.05) is 0 Å². The van der Waals surface area contributed by atoms with Gasteiger partial charge in [-0.25, -0.2) is 0 Å². The fraction of sp³-hybridized carbons (Fsp3) is 0.250. The molecule has 0 radical (unpaired) electrons. The second kappa shape index (κ2) is 7.94. The summed E-state index contributed by atoms with van der Waals surface area (Å²) in [5, 5.41) is 9.76. The summed E-state index contributed by atoms with van der Waals surface area (Å²) in [4.78, 5) is 7.60. The van der Waals surface area contributed by atoms with Crippen LogP contribution >= 0.6 is 0 Å². The van der Waals surface area contributed by atoms with Crippen molar-refractivity contribution >= 4 is 18.1 Å². The van der Waals surface area contributed by atoms with Crippen LogP contribution < -0.4 is 0 Å². The molecule has 1 aromatic carbocycles. The van der Waals surface area contributed by atoms with Crippen LogP contribution in [0.5, 0.6) is 0 Å². The first kappa shape index (κ1) is 15.7. The topological polar surface area (TPSA) is 51.9 Å². The predicted molar refractivity (Wildman–Crippen MR) is 83.5 cm³/mol. The number of hydrogen-bond acceptors (Lipinski definition) is 2. The van der Waals surface area contributed by atoms with Gasteiger partial charge in [-0.1, -0.05) is 42.9 Å². The Hall–Kier alpha value is -2.36. The Kier molecular flexibility index (Phi) is 6.23. The van der Waals surface area contributed by atoms with Crippen LogP contribution in [0.3, 0.4) is 0 Å². The van der Waals surface area contributed by atoms with Crippen molar-refractivity contribution in [2.24, 2.45) is 0 Å². The zero-order valence-corrected chi connectivity index (χ0v) is 12.5. The van der Waals surface area contributed by atoms with E-state index in [0.717, 1.165) is 21.8 Å². The van der Waals surface area contributed by atoms with Crippen molar-refractivity contribution in [3.63, 3.8) is 0 Å². The third-order valence-electron chi connectivity index (χ3n) is 2.55. The average Bonchev–Trinajstić information content (AvgIpc) is 2.94. The summed E-state index contributed by atoms with van der Waals surface area (Å²) in [6, 6.07) is 9.81. The molecule has 4 nitrogen and oxygen atoms in total. The van der Waals surface area contributed by atoms with Gasteiger partial charge in [0.1, 0.15) is 11.9 Å². The molecule has 0 fully saturated rings. The number of rotatable bonds is 3. The van der Waals surface area contributed by atoms with Crippen molar-refractivity contribution in [2.45, 2.75) is 27.7 Å². The zero-order valence-electron chi connectivity index (χ0n) is 12.5. The molecular formula is C16H22N3O+. The van der Waals surface area contributed by atoms with E-state index in [1.807, 2.05) is 63.3 Å². The van der Waals surface area contributed by atoms with Crippen LogP contribution in [0, 0.1) is 0 Å². The molecule has 4 heteroatoms. The van der Waals surface area contributed by atoms with E-state index in [1.165, 1.54) is 0 Å². The molecule has 0 atom stereocenters. The van der Waals surface area contributed by atoms with Gasteiger partial charge in [-0.3, -0.25) is 0 Å². The summed E-state index contributed by atoms with van der Waals surface area (Å²) >= 11 is 0. The predicted octanol–water partition coefficient (Wildman–Crippen LogP) is 4.26. The first-order valence-corrected chi connectivity index (χ1v) is 6.82. The number of imidazole rings is 1. The minimum absolute atomic E-state index is 0.495. The summed E-state index contributed by atoms with van der Waals surface area (Å²) in [6.45, 7) is 7.67. The highest BCUT2D eigenvalue weighted by Crippen LogP contribution is 2.23. The lowest BCUT2D eigenvalue weighted by atomic mass is 10.2. The number of nitrogens with one attached hydrogen (secondary N) is 1. The lowest BCUT2D eigenvalue weighted by Gasteiger charge is -1.89. The summed E-state index contributed by atoms with van der Waals surface area (Å²) in [5.74, 6) is 1.23. The van der Waals surface area contributed by atoms with E-state index >= 15 is 0 Å². The van der Waals surface area contributed by atoms with Gasteiger partial charge in [0.05, 0.1) is 0 Å². The first-order chi connectivity index (χ1) is 9.76. The number of benzene rings is 1. The maximum Gasteiger partial charge on any atom is 0.387 e. The van der Waals surface area contributed by atoms with Crippen molar-refractivity contribution in [1.29, 1.82) is 0 Å². The Labute approximate surface area is 120 Å². The maximum absolute atomic E-state index is 9.76. The Morgan fingerprint density at radius 1 is 1.15 bits per heavy atom. The van der Waals surface area contributed by atoms with Gasteiger partial charge in [-0.2, -0.15) is 0 Å². The molecule has 1 heterocycles. The van der Waals surface area contributed by atoms with Gasteiger partial charge in [0, 0.05) is 5.56 Å². The molecule has 2 aromatic rings. The summed E-state index contributed by atoms with van der Waals surface area (Å²) in [5.41, 5.74) is 1.76. The third kappa shape index (κ3) is 3.57. The van der Waals surface area contributed by atoms with Crippen molar-refractivity contribution in [3.05, 3.63) is 42.1 Å². The minimum Gasteiger partial charge on any atom is -0.350 e. The quantitative estimate of drug-likeness (QED) is 0.379. The third-order valence-corrected chi connectivity index (χ3v) is 2.55. The normalized spacial score (nSPS) is 11.3. The van der Waals surface area contributed by atoms with Crippen molar-refractivity contribution in [1.82, 2.24) is 9.97 Å². The smallest absolute Gasteiger partial charge is 0.350 e. The van der Waals surface area contributed by atoms with Gasteiger partial charge >= 0.3 is 5.82 Å². The van der Waals surface area contributed by atoms with Gasteiger partial charge in [-0.15, -0.1) is 0 Å². The molecular weight excluding hydrogens is 250 g/mol. The van der Waals surface area contributed by atoms with Gasteiger partial charge in [-0.05, 0) is 37.0 Å². The number of H-pyrrole nitrogens is 1. The molecule has 0 aliphatic heterocycles. The Morgan fingerprint density at radius 2 is 1.80 bits per heavy atom. The van der Waals surface area contributed by atoms with Crippen LogP contribution in [0.15, 0.2) is 36.4 Å². The standard InChI is InChI=1S/C14H16N3O.C2H6/c1-3-8-12-14(17(18)4-2)16-13(15-12)11-9-6-5-7-10-11;1-2/h3-10,18H,1-2H3,(H,15,16);1-2H3/q+1;/b8-3-,17-4+;. The number of hydrogen-bond donors (Lipinski definition) is 2. The van der Waals surface area contributed by atoms with Crippen LogP contribution in [-0.2, 0) is 0 Å². The Balaban J connectivity index is 0.000000956. The van der Waals surface area contributed by atoms with E-state index in [2.05, 4.69) is 9.97 Å². The van der Waals surface area contributed by atoms with Crippen LogP contribution in [0.2, 0.25) is 0 Å². The van der Waals surface area contributed by atoms with Crippen LogP contribution in [-0.4, -0.2) is 26.1 Å². The second-order valence-corrected chi connectivity index (χ2v) is 3.79. The molecule has 0 aliphatic carbocycles. The highest BCUT2D eigenvalue weighted by Gasteiger charge is 2.21. The van der Waals surface area contributed by atoms with E-state index < -0.39 is 0 Å². The molecule has 0 bridgehead atoms. The monoisotopic (exact) mass is 272 g/mol. The number of aromatic amines is 1. The van der Waals surface area contributed by atoms with E-state index in [0.29, 0.717) is 5.82 Å². The van der Waals surface area contributed by atoms with Crippen LogP contribution in [0.25, 0.3) is 17.5 Å². The number of allylic oxidation sites excluding steroid dienone is 1. The molecule has 2 N–H and O–H groups in total. The van der Waals surface area contributed by atoms with E-state index in [4.69, 9.17) is 0 Å². The molecule has 2 rings (SSSR count). The fourth-order valence-corrected chi connectivity index (χ4v) is 1.69. The maximum atomic E-state index is 9.76. The van der Waals surface area contributed by atoms with E-state index in [-0.39, 0.29) is 0 Å². The molecule has 0 saturated heterocycles. The summed E-state index contributed by atoms with van der Waals surface area (Å²) < 4.78 is 1.01. The highest BCUT2D eigenvalue weighted by molar-refractivity contribution is 5.64. The van der Waals surface area contributed by atoms with Gasteiger partial charge < -0.3 is 10.2 Å².